The number of sulfone groups is 1. The van der Waals surface area contributed by atoms with Gasteiger partial charge in [-0.05, 0) is 19.3 Å². The Hall–Kier alpha value is -0.880. The second-order valence-electron chi connectivity index (χ2n) is 5.44. The molecule has 122 valence electrons. The highest BCUT2D eigenvalue weighted by Crippen LogP contribution is 2.15. The van der Waals surface area contributed by atoms with Crippen molar-refractivity contribution in [1.29, 1.82) is 0 Å². The van der Waals surface area contributed by atoms with Gasteiger partial charge in [-0.2, -0.15) is 0 Å². The molecule has 0 radical (unpaired) electrons. The lowest BCUT2D eigenvalue weighted by Gasteiger charge is -2.09. The van der Waals surface area contributed by atoms with Gasteiger partial charge >= 0.3 is 0 Å². The fraction of sp³-hybridized carbons (Fsp3) is 0.800. The molecule has 5 nitrogen and oxygen atoms in total. The average molecular weight is 316 g/mol. The van der Waals surface area contributed by atoms with Crippen molar-refractivity contribution in [3.63, 3.8) is 0 Å². The summed E-state index contributed by atoms with van der Waals surface area (Å²) in [5, 5.41) is 9.05. The Morgan fingerprint density at radius 1 is 1.10 bits per heavy atom. The third kappa shape index (κ3) is 6.61. The summed E-state index contributed by atoms with van der Waals surface area (Å²) in [5.74, 6) is 0.166. The average Bonchev–Trinajstić information content (AvgIpc) is 2.93. The summed E-state index contributed by atoms with van der Waals surface area (Å²) < 4.78 is 26.4. The van der Waals surface area contributed by atoms with E-state index in [9.17, 15) is 8.42 Å². The first-order valence-electron chi connectivity index (χ1n) is 7.95. The van der Waals surface area contributed by atoms with Crippen molar-refractivity contribution < 1.29 is 13.5 Å². The molecule has 0 aliphatic heterocycles. The number of rotatable bonds is 12. The number of aliphatic hydroxyl groups is 1. The Balaban J connectivity index is 2.48. The number of unbranched alkanes of at least 4 members (excludes halogenated alkanes) is 6. The quantitative estimate of drug-likeness (QED) is 0.602. The van der Waals surface area contributed by atoms with Gasteiger partial charge in [-0.1, -0.05) is 39.0 Å². The Labute approximate surface area is 128 Å². The maximum absolute atomic E-state index is 12.3. The highest BCUT2D eigenvalue weighted by molar-refractivity contribution is 7.91. The molecule has 21 heavy (non-hydrogen) atoms. The molecule has 0 amide bonds. The lowest BCUT2D eigenvalue weighted by molar-refractivity contribution is 0.283. The first-order valence-corrected chi connectivity index (χ1v) is 9.60. The molecule has 0 aromatic carbocycles. The second-order valence-corrected chi connectivity index (χ2v) is 7.50. The lowest BCUT2D eigenvalue weighted by Crippen LogP contribution is -2.13. The molecule has 0 aliphatic carbocycles. The van der Waals surface area contributed by atoms with E-state index in [1.165, 1.54) is 19.0 Å². The molecule has 0 aliphatic rings. The highest BCUT2D eigenvalue weighted by Gasteiger charge is 2.18. The van der Waals surface area contributed by atoms with E-state index in [1.807, 2.05) is 0 Å². The van der Waals surface area contributed by atoms with E-state index >= 15 is 0 Å². The molecule has 0 spiro atoms. The molecule has 0 fully saturated rings. The van der Waals surface area contributed by atoms with Crippen LogP contribution in [0.15, 0.2) is 17.6 Å². The van der Waals surface area contributed by atoms with Gasteiger partial charge in [0.25, 0.3) is 0 Å². The number of aryl methyl sites for hydroxylation is 1. The second kappa shape index (κ2) is 9.95. The largest absolute Gasteiger partial charge is 0.396 e. The minimum Gasteiger partial charge on any atom is -0.396 e. The standard InChI is InChI=1S/C15H28N2O3S/c1-2-3-4-7-10-17-14-16-13-15(17)21(19,20)12-9-6-5-8-11-18/h13-14,18H,2-12H2,1H3. The molecule has 0 bridgehead atoms. The van der Waals surface area contributed by atoms with Crippen LogP contribution in [-0.4, -0.2) is 35.4 Å². The number of aromatic nitrogens is 2. The highest BCUT2D eigenvalue weighted by atomic mass is 32.2. The third-order valence-corrected chi connectivity index (χ3v) is 5.37. The number of hydrogen-bond donors (Lipinski definition) is 1. The molecule has 1 aromatic rings. The molecule has 1 aromatic heterocycles. The van der Waals surface area contributed by atoms with Crippen LogP contribution in [-0.2, 0) is 16.4 Å². The number of aliphatic hydroxyl groups excluding tert-OH is 1. The van der Waals surface area contributed by atoms with E-state index in [0.29, 0.717) is 11.4 Å². The molecule has 6 heteroatoms. The van der Waals surface area contributed by atoms with Crippen molar-refractivity contribution in [3.8, 4) is 0 Å². The minimum atomic E-state index is -3.24. The number of nitrogens with zero attached hydrogens (tertiary/aromatic N) is 2. The summed E-state index contributed by atoms with van der Waals surface area (Å²) in [4.78, 5) is 4.00. The summed E-state index contributed by atoms with van der Waals surface area (Å²) in [7, 11) is -3.24. The van der Waals surface area contributed by atoms with Gasteiger partial charge in [-0.3, -0.25) is 0 Å². The van der Waals surface area contributed by atoms with Crippen LogP contribution in [0.4, 0.5) is 0 Å². The van der Waals surface area contributed by atoms with Gasteiger partial charge < -0.3 is 9.67 Å². The third-order valence-electron chi connectivity index (χ3n) is 3.57. The van der Waals surface area contributed by atoms with Gasteiger partial charge in [0.15, 0.2) is 14.9 Å². The van der Waals surface area contributed by atoms with Crippen molar-refractivity contribution >= 4 is 9.84 Å². The Morgan fingerprint density at radius 3 is 2.52 bits per heavy atom. The van der Waals surface area contributed by atoms with Gasteiger partial charge in [0, 0.05) is 13.2 Å². The zero-order chi connectivity index (χ0) is 15.6. The lowest BCUT2D eigenvalue weighted by atomic mass is 10.2. The van der Waals surface area contributed by atoms with Crippen LogP contribution < -0.4 is 0 Å². The van der Waals surface area contributed by atoms with Gasteiger partial charge in [0.2, 0.25) is 0 Å². The Kier molecular flexibility index (Phi) is 8.61. The van der Waals surface area contributed by atoms with Crippen molar-refractivity contribution in [3.05, 3.63) is 12.5 Å². The predicted molar refractivity (Wildman–Crippen MR) is 84.0 cm³/mol. The molecular weight excluding hydrogens is 288 g/mol. The van der Waals surface area contributed by atoms with Crippen molar-refractivity contribution in [1.82, 2.24) is 9.55 Å². The first kappa shape index (κ1) is 18.2. The maximum atomic E-state index is 12.3. The molecule has 0 saturated heterocycles. The monoisotopic (exact) mass is 316 g/mol. The van der Waals surface area contributed by atoms with Gasteiger partial charge in [-0.15, -0.1) is 0 Å². The molecule has 0 atom stereocenters. The molecule has 1 N–H and O–H groups in total. The smallest absolute Gasteiger partial charge is 0.195 e. The van der Waals surface area contributed by atoms with Crippen LogP contribution >= 0.6 is 0 Å². The summed E-state index contributed by atoms with van der Waals surface area (Å²) in [6.45, 7) is 3.06. The van der Waals surface area contributed by atoms with Crippen LogP contribution in [0.3, 0.4) is 0 Å². The van der Waals surface area contributed by atoms with Gasteiger partial charge in [0.05, 0.1) is 18.3 Å². The SMILES string of the molecule is CCCCCCn1cncc1S(=O)(=O)CCCCCCO. The summed E-state index contributed by atoms with van der Waals surface area (Å²) in [6, 6.07) is 0. The van der Waals surface area contributed by atoms with E-state index in [-0.39, 0.29) is 12.4 Å². The maximum Gasteiger partial charge on any atom is 0.195 e. The van der Waals surface area contributed by atoms with Crippen LogP contribution in [0.1, 0.15) is 58.3 Å². The normalized spacial score (nSPS) is 11.9. The zero-order valence-electron chi connectivity index (χ0n) is 13.0. The molecule has 0 saturated carbocycles. The fourth-order valence-corrected chi connectivity index (χ4v) is 3.82. The van der Waals surface area contributed by atoms with Crippen molar-refractivity contribution in [2.45, 2.75) is 69.9 Å². The van der Waals surface area contributed by atoms with Crippen LogP contribution in [0, 0.1) is 0 Å². The van der Waals surface area contributed by atoms with Gasteiger partial charge in [0.1, 0.15) is 0 Å². The number of hydrogen-bond acceptors (Lipinski definition) is 4. The van der Waals surface area contributed by atoms with E-state index in [1.54, 1.807) is 10.9 Å². The van der Waals surface area contributed by atoms with Crippen LogP contribution in [0.5, 0.6) is 0 Å². The van der Waals surface area contributed by atoms with E-state index in [2.05, 4.69) is 11.9 Å². The molecular formula is C15H28N2O3S. The van der Waals surface area contributed by atoms with Gasteiger partial charge in [-0.25, -0.2) is 13.4 Å². The summed E-state index contributed by atoms with van der Waals surface area (Å²) in [5.41, 5.74) is 0. The van der Waals surface area contributed by atoms with Crippen LogP contribution in [0.25, 0.3) is 0 Å². The van der Waals surface area contributed by atoms with E-state index in [4.69, 9.17) is 5.11 Å². The molecule has 0 unspecified atom stereocenters. The molecule has 1 heterocycles. The predicted octanol–water partition coefficient (Wildman–Crippen LogP) is 2.79. The minimum absolute atomic E-state index is 0.166. The summed E-state index contributed by atoms with van der Waals surface area (Å²) in [6.07, 6.45) is 10.6. The summed E-state index contributed by atoms with van der Waals surface area (Å²) >= 11 is 0. The fourth-order valence-electron chi connectivity index (χ4n) is 2.31. The van der Waals surface area contributed by atoms with Crippen LogP contribution in [0.2, 0.25) is 0 Å². The molecule has 1 rings (SSSR count). The Morgan fingerprint density at radius 2 is 1.81 bits per heavy atom. The number of imidazole rings is 1. The zero-order valence-corrected chi connectivity index (χ0v) is 13.8. The van der Waals surface area contributed by atoms with E-state index < -0.39 is 9.84 Å². The Bertz CT molecular complexity index is 483. The van der Waals surface area contributed by atoms with Crippen molar-refractivity contribution in [2.75, 3.05) is 12.4 Å². The van der Waals surface area contributed by atoms with E-state index in [0.717, 1.165) is 38.6 Å². The first-order chi connectivity index (χ1) is 10.1. The van der Waals surface area contributed by atoms with Crippen molar-refractivity contribution in [2.24, 2.45) is 0 Å². The topological polar surface area (TPSA) is 72.2 Å².